The Morgan fingerprint density at radius 2 is 1.12 bits per heavy atom. The summed E-state index contributed by atoms with van der Waals surface area (Å²) in [5.41, 5.74) is 0. The molecule has 0 N–H and O–H groups in total. The smallest absolute Gasteiger partial charge is 0.192 e. The molecule has 0 aromatic rings. The minimum atomic E-state index is -1.98. The molecule has 1 saturated carbocycles. The van der Waals surface area contributed by atoms with Gasteiger partial charge in [0.05, 0.1) is 12.2 Å². The molecule has 6 heteroatoms. The van der Waals surface area contributed by atoms with Crippen LogP contribution in [0.15, 0.2) is 0 Å². The molecule has 1 fully saturated rings. The largest absolute Gasteiger partial charge is 0.411 e. The van der Waals surface area contributed by atoms with Crippen LogP contribution in [-0.2, 0) is 18.4 Å². The normalized spacial score (nSPS) is 24.7. The standard InChI is InChI=1S/C19H40O4Si2/c1-18(2,3)24(8,9)22-15-12-14(20)13-16(17(15)21-7)23-25(10,11)19(4,5)6/h15-17H,12-13H2,1-11H3/t15-,16-/m1/s1. The van der Waals surface area contributed by atoms with E-state index in [2.05, 4.69) is 67.7 Å². The molecule has 0 aromatic carbocycles. The van der Waals surface area contributed by atoms with Crippen molar-refractivity contribution in [3.8, 4) is 0 Å². The summed E-state index contributed by atoms with van der Waals surface area (Å²) in [7, 11) is -2.25. The molecule has 1 aliphatic rings. The molecule has 25 heavy (non-hydrogen) atoms. The molecule has 0 heterocycles. The van der Waals surface area contributed by atoms with Gasteiger partial charge in [-0.15, -0.1) is 0 Å². The van der Waals surface area contributed by atoms with Crippen LogP contribution in [0.25, 0.3) is 0 Å². The van der Waals surface area contributed by atoms with Crippen molar-refractivity contribution in [3.63, 3.8) is 0 Å². The van der Waals surface area contributed by atoms with Crippen LogP contribution >= 0.6 is 0 Å². The van der Waals surface area contributed by atoms with E-state index in [0.717, 1.165) is 0 Å². The molecular formula is C19H40O4Si2. The molecular weight excluding hydrogens is 348 g/mol. The van der Waals surface area contributed by atoms with Crippen molar-refractivity contribution in [1.82, 2.24) is 0 Å². The summed E-state index contributed by atoms with van der Waals surface area (Å²) in [6, 6.07) is 0. The summed E-state index contributed by atoms with van der Waals surface area (Å²) >= 11 is 0. The molecule has 0 bridgehead atoms. The number of rotatable bonds is 5. The van der Waals surface area contributed by atoms with Gasteiger partial charge in [-0.05, 0) is 36.3 Å². The number of carbonyl (C=O) groups is 1. The SMILES string of the molecule is COC1[C@H](O[Si](C)(C)C(C)(C)C)CC(=O)C[C@H]1O[Si](C)(C)C(C)(C)C. The van der Waals surface area contributed by atoms with Gasteiger partial charge in [-0.25, -0.2) is 0 Å². The first-order chi connectivity index (χ1) is 11.0. The first-order valence-corrected chi connectivity index (χ1v) is 15.2. The highest BCUT2D eigenvalue weighted by Gasteiger charge is 2.48. The van der Waals surface area contributed by atoms with Crippen LogP contribution in [0.2, 0.25) is 36.3 Å². The number of ether oxygens (including phenoxy) is 1. The zero-order valence-corrected chi connectivity index (χ0v) is 20.3. The van der Waals surface area contributed by atoms with Crippen LogP contribution in [0, 0.1) is 0 Å². The van der Waals surface area contributed by atoms with Gasteiger partial charge in [-0.3, -0.25) is 4.79 Å². The number of carbonyl (C=O) groups excluding carboxylic acids is 1. The average molecular weight is 389 g/mol. The maximum Gasteiger partial charge on any atom is 0.192 e. The summed E-state index contributed by atoms with van der Waals surface area (Å²) < 4.78 is 19.0. The Morgan fingerprint density at radius 1 is 0.800 bits per heavy atom. The van der Waals surface area contributed by atoms with Crippen molar-refractivity contribution in [2.75, 3.05) is 7.11 Å². The molecule has 2 atom stereocenters. The Morgan fingerprint density at radius 3 is 1.36 bits per heavy atom. The second-order valence-corrected chi connectivity index (χ2v) is 20.0. The van der Waals surface area contributed by atoms with Crippen LogP contribution in [-0.4, -0.2) is 47.8 Å². The molecule has 0 aromatic heterocycles. The van der Waals surface area contributed by atoms with Crippen LogP contribution < -0.4 is 0 Å². The van der Waals surface area contributed by atoms with Crippen LogP contribution in [0.5, 0.6) is 0 Å². The lowest BCUT2D eigenvalue weighted by Gasteiger charge is -2.47. The number of hydrogen-bond acceptors (Lipinski definition) is 4. The van der Waals surface area contributed by atoms with Crippen LogP contribution in [0.4, 0.5) is 0 Å². The average Bonchev–Trinajstić information content (AvgIpc) is 2.34. The Bertz CT molecular complexity index is 435. The maximum atomic E-state index is 12.4. The molecule has 1 aliphatic carbocycles. The molecule has 0 amide bonds. The van der Waals surface area contributed by atoms with Gasteiger partial charge in [0.2, 0.25) is 0 Å². The minimum Gasteiger partial charge on any atom is -0.411 e. The lowest BCUT2D eigenvalue weighted by Crippen LogP contribution is -2.57. The van der Waals surface area contributed by atoms with E-state index in [1.165, 1.54) is 0 Å². The van der Waals surface area contributed by atoms with Gasteiger partial charge < -0.3 is 13.6 Å². The summed E-state index contributed by atoms with van der Waals surface area (Å²) in [6.45, 7) is 22.2. The van der Waals surface area contributed by atoms with Crippen molar-refractivity contribution in [2.24, 2.45) is 0 Å². The van der Waals surface area contributed by atoms with Crippen molar-refractivity contribution in [2.45, 2.75) is 109 Å². The van der Waals surface area contributed by atoms with E-state index in [1.54, 1.807) is 7.11 Å². The highest BCUT2D eigenvalue weighted by atomic mass is 28.4. The van der Waals surface area contributed by atoms with E-state index in [1.807, 2.05) is 0 Å². The lowest BCUT2D eigenvalue weighted by atomic mass is 9.91. The van der Waals surface area contributed by atoms with Gasteiger partial charge in [-0.2, -0.15) is 0 Å². The number of Topliss-reactive ketones (excluding diaryl/α,β-unsaturated/α-hetero) is 1. The number of ketones is 1. The predicted molar refractivity (Wildman–Crippen MR) is 109 cm³/mol. The molecule has 148 valence electrons. The van der Waals surface area contributed by atoms with Gasteiger partial charge in [0, 0.05) is 20.0 Å². The van der Waals surface area contributed by atoms with Gasteiger partial charge in [0.25, 0.3) is 0 Å². The highest BCUT2D eigenvalue weighted by molar-refractivity contribution is 6.74. The fourth-order valence-electron chi connectivity index (χ4n) is 2.64. The number of hydrogen-bond donors (Lipinski definition) is 0. The molecule has 0 aliphatic heterocycles. The fraction of sp³-hybridized carbons (Fsp3) is 0.947. The fourth-order valence-corrected chi connectivity index (χ4v) is 5.29. The second kappa shape index (κ2) is 7.54. The van der Waals surface area contributed by atoms with E-state index in [4.69, 9.17) is 13.6 Å². The molecule has 1 rings (SSSR count). The van der Waals surface area contributed by atoms with Gasteiger partial charge >= 0.3 is 0 Å². The first-order valence-electron chi connectivity index (χ1n) is 9.42. The maximum absolute atomic E-state index is 12.4. The monoisotopic (exact) mass is 388 g/mol. The van der Waals surface area contributed by atoms with Crippen molar-refractivity contribution in [3.05, 3.63) is 0 Å². The van der Waals surface area contributed by atoms with Crippen molar-refractivity contribution >= 4 is 22.4 Å². The first kappa shape index (κ1) is 23.0. The zero-order valence-electron chi connectivity index (χ0n) is 18.3. The minimum absolute atomic E-state index is 0.0988. The van der Waals surface area contributed by atoms with Gasteiger partial charge in [0.15, 0.2) is 16.6 Å². The molecule has 0 radical (unpaired) electrons. The Labute approximate surface area is 157 Å². The van der Waals surface area contributed by atoms with Gasteiger partial charge in [0.1, 0.15) is 11.9 Å². The summed E-state index contributed by atoms with van der Waals surface area (Å²) in [6.07, 6.45) is 0.273. The summed E-state index contributed by atoms with van der Waals surface area (Å²) in [4.78, 5) is 12.4. The van der Waals surface area contributed by atoms with E-state index in [-0.39, 0.29) is 34.2 Å². The van der Waals surface area contributed by atoms with Crippen molar-refractivity contribution < 1.29 is 18.4 Å². The van der Waals surface area contributed by atoms with E-state index in [0.29, 0.717) is 12.8 Å². The van der Waals surface area contributed by atoms with E-state index >= 15 is 0 Å². The molecule has 0 unspecified atom stereocenters. The van der Waals surface area contributed by atoms with Gasteiger partial charge in [-0.1, -0.05) is 41.5 Å². The quantitative estimate of drug-likeness (QED) is 0.611. The molecule has 0 spiro atoms. The Kier molecular flexibility index (Phi) is 6.95. The lowest BCUT2D eigenvalue weighted by molar-refractivity contribution is -0.139. The molecule has 0 saturated heterocycles. The summed E-state index contributed by atoms with van der Waals surface area (Å²) in [5, 5.41) is 0.198. The van der Waals surface area contributed by atoms with E-state index < -0.39 is 16.6 Å². The van der Waals surface area contributed by atoms with E-state index in [9.17, 15) is 4.79 Å². The summed E-state index contributed by atoms with van der Waals surface area (Å²) in [5.74, 6) is 0.223. The zero-order chi connectivity index (χ0) is 19.8. The third-order valence-electron chi connectivity index (χ3n) is 6.37. The highest BCUT2D eigenvalue weighted by Crippen LogP contribution is 2.42. The predicted octanol–water partition coefficient (Wildman–Crippen LogP) is 5.15. The third-order valence-corrected chi connectivity index (χ3v) is 15.4. The van der Waals surface area contributed by atoms with Crippen LogP contribution in [0.1, 0.15) is 54.4 Å². The number of methoxy groups -OCH3 is 1. The second-order valence-electron chi connectivity index (χ2n) is 10.5. The third kappa shape index (κ3) is 5.48. The molecule has 4 nitrogen and oxygen atoms in total. The van der Waals surface area contributed by atoms with Crippen LogP contribution in [0.3, 0.4) is 0 Å². The Balaban J connectivity index is 3.04. The topological polar surface area (TPSA) is 44.8 Å². The van der Waals surface area contributed by atoms with Crippen molar-refractivity contribution in [1.29, 1.82) is 0 Å². The Hall–Kier alpha value is -0.0162.